The number of benzene rings is 3. The third-order valence-corrected chi connectivity index (χ3v) is 5.06. The number of hydrogen-bond donors (Lipinski definition) is 2. The van der Waals surface area contributed by atoms with Crippen LogP contribution in [-0.2, 0) is 4.79 Å². The smallest absolute Gasteiger partial charge is 0.281 e. The second-order valence-electron chi connectivity index (χ2n) is 6.46. The van der Waals surface area contributed by atoms with Crippen molar-refractivity contribution < 1.29 is 9.90 Å². The first kappa shape index (κ1) is 20.2. The van der Waals surface area contributed by atoms with E-state index in [9.17, 15) is 9.90 Å². The number of carbonyl (C=O) groups is 1. The fourth-order valence-corrected chi connectivity index (χ4v) is 3.48. The highest BCUT2D eigenvalue weighted by Gasteiger charge is 2.19. The van der Waals surface area contributed by atoms with Crippen molar-refractivity contribution in [3.05, 3.63) is 108 Å². The van der Waals surface area contributed by atoms with Gasteiger partial charge < -0.3 is 5.11 Å². The molecule has 3 aromatic carbocycles. The highest BCUT2D eigenvalue weighted by Crippen LogP contribution is 2.26. The van der Waals surface area contributed by atoms with E-state index in [0.29, 0.717) is 16.4 Å². The van der Waals surface area contributed by atoms with Crippen molar-refractivity contribution in [1.82, 2.24) is 4.98 Å². The molecule has 0 bridgehead atoms. The first-order chi connectivity index (χ1) is 15.2. The van der Waals surface area contributed by atoms with Gasteiger partial charge in [-0.15, -0.1) is 16.5 Å². The minimum absolute atomic E-state index is 0.202. The molecule has 0 spiro atoms. The molecule has 31 heavy (non-hydrogen) atoms. The van der Waals surface area contributed by atoms with Crippen molar-refractivity contribution in [2.24, 2.45) is 10.2 Å². The van der Waals surface area contributed by atoms with Gasteiger partial charge in [-0.2, -0.15) is 5.11 Å². The molecule has 0 radical (unpaired) electrons. The zero-order valence-electron chi connectivity index (χ0n) is 16.3. The summed E-state index contributed by atoms with van der Waals surface area (Å²) in [6, 6.07) is 27.4. The van der Waals surface area contributed by atoms with Gasteiger partial charge in [0, 0.05) is 16.5 Å². The van der Waals surface area contributed by atoms with Gasteiger partial charge in [0.05, 0.1) is 11.4 Å². The standard InChI is InChI=1S/C24H18N4O2S/c29-22(18-12-6-2-7-13-18)21(28-27-19-14-8-3-9-15-19)23(30)26-24-25-20(16-31-24)17-10-4-1-5-11-17/h1-16,29H,(H,25,26,30)/b22-21-,28-27?. The molecule has 0 aliphatic carbocycles. The summed E-state index contributed by atoms with van der Waals surface area (Å²) < 4.78 is 0. The summed E-state index contributed by atoms with van der Waals surface area (Å²) in [6.45, 7) is 0. The third-order valence-electron chi connectivity index (χ3n) is 4.30. The van der Waals surface area contributed by atoms with Crippen LogP contribution in [0.25, 0.3) is 17.0 Å². The van der Waals surface area contributed by atoms with Crippen LogP contribution in [0.2, 0.25) is 0 Å². The van der Waals surface area contributed by atoms with Crippen LogP contribution in [0, 0.1) is 0 Å². The summed E-state index contributed by atoms with van der Waals surface area (Å²) in [5, 5.41) is 23.9. The zero-order chi connectivity index (χ0) is 21.5. The van der Waals surface area contributed by atoms with Crippen LogP contribution in [0.15, 0.2) is 112 Å². The first-order valence-electron chi connectivity index (χ1n) is 9.48. The number of thiazole rings is 1. The zero-order valence-corrected chi connectivity index (χ0v) is 17.2. The highest BCUT2D eigenvalue weighted by molar-refractivity contribution is 7.14. The molecule has 7 heteroatoms. The van der Waals surface area contributed by atoms with Crippen molar-refractivity contribution in [3.8, 4) is 11.3 Å². The Morgan fingerprint density at radius 2 is 1.48 bits per heavy atom. The minimum atomic E-state index is -0.602. The second-order valence-corrected chi connectivity index (χ2v) is 7.31. The maximum absolute atomic E-state index is 13.0. The molecular weight excluding hydrogens is 408 g/mol. The average molecular weight is 427 g/mol. The van der Waals surface area contributed by atoms with E-state index in [2.05, 4.69) is 20.5 Å². The van der Waals surface area contributed by atoms with Gasteiger partial charge in [0.25, 0.3) is 5.91 Å². The van der Waals surface area contributed by atoms with Crippen molar-refractivity contribution >= 4 is 33.8 Å². The average Bonchev–Trinajstić information content (AvgIpc) is 3.29. The summed E-state index contributed by atoms with van der Waals surface area (Å²) in [5.74, 6) is -0.868. The number of aromatic nitrogens is 1. The number of anilines is 1. The van der Waals surface area contributed by atoms with Crippen molar-refractivity contribution in [1.29, 1.82) is 0 Å². The van der Waals surface area contributed by atoms with Crippen molar-refractivity contribution in [2.75, 3.05) is 5.32 Å². The van der Waals surface area contributed by atoms with Gasteiger partial charge >= 0.3 is 0 Å². The predicted octanol–water partition coefficient (Wildman–Crippen LogP) is 6.46. The van der Waals surface area contributed by atoms with Crippen molar-refractivity contribution in [3.63, 3.8) is 0 Å². The van der Waals surface area contributed by atoms with E-state index in [1.54, 1.807) is 36.4 Å². The largest absolute Gasteiger partial charge is 0.505 e. The Bertz CT molecular complexity index is 1220. The van der Waals surface area contributed by atoms with Gasteiger partial charge in [-0.05, 0) is 12.1 Å². The fourth-order valence-electron chi connectivity index (χ4n) is 2.76. The Kier molecular flexibility index (Phi) is 6.25. The molecule has 6 nitrogen and oxygen atoms in total. The molecule has 1 amide bonds. The van der Waals surface area contributed by atoms with Gasteiger partial charge in [-0.1, -0.05) is 78.9 Å². The van der Waals surface area contributed by atoms with Crippen LogP contribution in [0.4, 0.5) is 10.8 Å². The Morgan fingerprint density at radius 3 is 2.16 bits per heavy atom. The lowest BCUT2D eigenvalue weighted by Crippen LogP contribution is -2.14. The highest BCUT2D eigenvalue weighted by atomic mass is 32.1. The Morgan fingerprint density at radius 1 is 0.871 bits per heavy atom. The van der Waals surface area contributed by atoms with Crippen LogP contribution in [0.5, 0.6) is 0 Å². The number of carbonyl (C=O) groups excluding carboxylic acids is 1. The number of rotatable bonds is 6. The SMILES string of the molecule is O=C(Nc1nc(-c2ccccc2)cs1)/C(N=Nc1ccccc1)=C(/O)c1ccccc1. The quantitative estimate of drug-likeness (QED) is 0.211. The molecule has 1 aromatic heterocycles. The van der Waals surface area contributed by atoms with Gasteiger partial charge in [0.1, 0.15) is 0 Å². The Hall–Kier alpha value is -4.10. The van der Waals surface area contributed by atoms with Crippen LogP contribution in [0.1, 0.15) is 5.56 Å². The monoisotopic (exact) mass is 426 g/mol. The maximum atomic E-state index is 13.0. The molecule has 2 N–H and O–H groups in total. The maximum Gasteiger partial charge on any atom is 0.281 e. The molecule has 4 rings (SSSR count). The molecule has 0 saturated carbocycles. The van der Waals surface area contributed by atoms with Gasteiger partial charge in [0.2, 0.25) is 0 Å². The summed E-state index contributed by atoms with van der Waals surface area (Å²) in [6.07, 6.45) is 0. The van der Waals surface area contributed by atoms with Gasteiger partial charge in [0.15, 0.2) is 16.6 Å². The van der Waals surface area contributed by atoms with Crippen LogP contribution in [0.3, 0.4) is 0 Å². The molecule has 0 unspecified atom stereocenters. The van der Waals surface area contributed by atoms with E-state index in [0.717, 1.165) is 11.3 Å². The Labute approximate surface area is 183 Å². The molecule has 0 aliphatic rings. The first-order valence-corrected chi connectivity index (χ1v) is 10.4. The van der Waals surface area contributed by atoms with E-state index >= 15 is 0 Å². The molecule has 0 aliphatic heterocycles. The number of aliphatic hydroxyl groups is 1. The summed E-state index contributed by atoms with van der Waals surface area (Å²) in [7, 11) is 0. The predicted molar refractivity (Wildman–Crippen MR) is 123 cm³/mol. The van der Waals surface area contributed by atoms with Crippen LogP contribution < -0.4 is 5.32 Å². The summed E-state index contributed by atoms with van der Waals surface area (Å²) in [5.41, 5.74) is 2.53. The molecule has 1 heterocycles. The number of amides is 1. The van der Waals surface area contributed by atoms with E-state index in [1.165, 1.54) is 11.3 Å². The number of aliphatic hydroxyl groups excluding tert-OH is 1. The lowest BCUT2D eigenvalue weighted by molar-refractivity contribution is -0.112. The van der Waals surface area contributed by atoms with Gasteiger partial charge in [-0.25, -0.2) is 4.98 Å². The number of azo groups is 1. The molecule has 4 aromatic rings. The molecule has 0 saturated heterocycles. The minimum Gasteiger partial charge on any atom is -0.505 e. The van der Waals surface area contributed by atoms with Crippen LogP contribution >= 0.6 is 11.3 Å². The van der Waals surface area contributed by atoms with E-state index in [4.69, 9.17) is 0 Å². The lowest BCUT2D eigenvalue weighted by atomic mass is 10.1. The lowest BCUT2D eigenvalue weighted by Gasteiger charge is -2.06. The third kappa shape index (κ3) is 5.09. The van der Waals surface area contributed by atoms with Crippen molar-refractivity contribution in [2.45, 2.75) is 0 Å². The number of nitrogens with zero attached hydrogens (tertiary/aromatic N) is 3. The van der Waals surface area contributed by atoms with Crippen LogP contribution in [-0.4, -0.2) is 16.0 Å². The topological polar surface area (TPSA) is 86.9 Å². The Balaban J connectivity index is 1.63. The van der Waals surface area contributed by atoms with E-state index in [1.807, 2.05) is 60.0 Å². The van der Waals surface area contributed by atoms with E-state index < -0.39 is 5.91 Å². The van der Waals surface area contributed by atoms with Gasteiger partial charge in [-0.3, -0.25) is 10.1 Å². The molecule has 0 fully saturated rings. The normalized spacial score (nSPS) is 11.9. The second kappa shape index (κ2) is 9.60. The number of hydrogen-bond acceptors (Lipinski definition) is 6. The summed E-state index contributed by atoms with van der Waals surface area (Å²) >= 11 is 1.29. The fraction of sp³-hybridized carbons (Fsp3) is 0. The molecule has 0 atom stereocenters. The number of nitrogens with one attached hydrogen (secondary N) is 1. The van der Waals surface area contributed by atoms with E-state index in [-0.39, 0.29) is 11.5 Å². The summed E-state index contributed by atoms with van der Waals surface area (Å²) in [4.78, 5) is 17.4. The molecule has 152 valence electrons. The molecular formula is C24H18N4O2S.